The van der Waals surface area contributed by atoms with Gasteiger partial charge < -0.3 is 20.5 Å². The molecule has 3 amide bonds. The van der Waals surface area contributed by atoms with Crippen LogP contribution in [0.5, 0.6) is 0 Å². The summed E-state index contributed by atoms with van der Waals surface area (Å²) in [6, 6.07) is 7.36. The highest BCUT2D eigenvalue weighted by Gasteiger charge is 2.22. The van der Waals surface area contributed by atoms with Gasteiger partial charge in [-0.05, 0) is 48.9 Å². The molecule has 0 spiro atoms. The topological polar surface area (TPSA) is 77.2 Å². The minimum atomic E-state index is -0.158. The highest BCUT2D eigenvalue weighted by atomic mass is 16.2. The van der Waals surface area contributed by atoms with E-state index in [-0.39, 0.29) is 11.9 Å². The Bertz CT molecular complexity index is 783. The number of nitrogens with zero attached hydrogens (tertiary/aromatic N) is 1. The number of aromatic nitrogens is 1. The zero-order chi connectivity index (χ0) is 18.0. The van der Waals surface area contributed by atoms with E-state index in [1.807, 2.05) is 23.1 Å². The first-order chi connectivity index (χ1) is 12.0. The number of nitrogens with one attached hydrogen (secondary N) is 3. The second kappa shape index (κ2) is 7.17. The van der Waals surface area contributed by atoms with Crippen molar-refractivity contribution in [2.24, 2.45) is 11.8 Å². The summed E-state index contributed by atoms with van der Waals surface area (Å²) in [5.41, 5.74) is 2.12. The Balaban J connectivity index is 1.73. The van der Waals surface area contributed by atoms with Crippen LogP contribution in [0.25, 0.3) is 10.9 Å². The van der Waals surface area contributed by atoms with Crippen LogP contribution in [0.15, 0.2) is 24.3 Å². The van der Waals surface area contributed by atoms with Gasteiger partial charge in [0, 0.05) is 36.7 Å². The number of amides is 3. The first-order valence-electron chi connectivity index (χ1n) is 8.87. The van der Waals surface area contributed by atoms with E-state index in [0.717, 1.165) is 36.1 Å². The third kappa shape index (κ3) is 3.95. The lowest BCUT2D eigenvalue weighted by molar-refractivity contribution is 0.0959. The molecular weight excluding hydrogens is 316 g/mol. The second-order valence-electron chi connectivity index (χ2n) is 7.18. The molecule has 0 bridgehead atoms. The van der Waals surface area contributed by atoms with E-state index in [1.165, 1.54) is 6.42 Å². The number of anilines is 1. The average Bonchev–Trinajstić information content (AvgIpc) is 2.92. The van der Waals surface area contributed by atoms with Gasteiger partial charge >= 0.3 is 6.03 Å². The van der Waals surface area contributed by atoms with Crippen LogP contribution in [0.2, 0.25) is 0 Å². The van der Waals surface area contributed by atoms with Gasteiger partial charge in [-0.25, -0.2) is 4.79 Å². The van der Waals surface area contributed by atoms with E-state index in [1.54, 1.807) is 13.1 Å². The fraction of sp³-hybridized carbons (Fsp3) is 0.474. The van der Waals surface area contributed by atoms with Gasteiger partial charge in [0.25, 0.3) is 5.91 Å². The number of aromatic amines is 1. The summed E-state index contributed by atoms with van der Waals surface area (Å²) in [7, 11) is 1.60. The Labute approximate surface area is 148 Å². The predicted octanol–water partition coefficient (Wildman–Crippen LogP) is 3.43. The molecule has 0 unspecified atom stereocenters. The van der Waals surface area contributed by atoms with Crippen molar-refractivity contribution in [3.8, 4) is 0 Å². The van der Waals surface area contributed by atoms with Gasteiger partial charge in [0.2, 0.25) is 0 Å². The zero-order valence-corrected chi connectivity index (χ0v) is 15.1. The van der Waals surface area contributed by atoms with Crippen LogP contribution < -0.4 is 10.6 Å². The minimum Gasteiger partial charge on any atom is -0.354 e. The van der Waals surface area contributed by atoms with E-state index in [2.05, 4.69) is 29.5 Å². The summed E-state index contributed by atoms with van der Waals surface area (Å²) in [5, 5.41) is 6.49. The molecule has 134 valence electrons. The molecule has 2 atom stereocenters. The van der Waals surface area contributed by atoms with Crippen molar-refractivity contribution < 1.29 is 9.59 Å². The Morgan fingerprint density at radius 2 is 2.00 bits per heavy atom. The summed E-state index contributed by atoms with van der Waals surface area (Å²) < 4.78 is 0. The third-order valence-corrected chi connectivity index (χ3v) is 4.86. The van der Waals surface area contributed by atoms with Crippen molar-refractivity contribution in [3.05, 3.63) is 30.0 Å². The van der Waals surface area contributed by atoms with Crippen LogP contribution in [0.4, 0.5) is 10.5 Å². The molecule has 3 N–H and O–H groups in total. The zero-order valence-electron chi connectivity index (χ0n) is 15.1. The maximum absolute atomic E-state index is 12.6. The van der Waals surface area contributed by atoms with E-state index in [4.69, 9.17) is 0 Å². The lowest BCUT2D eigenvalue weighted by atomic mass is 9.97. The Morgan fingerprint density at radius 1 is 1.20 bits per heavy atom. The molecule has 6 heteroatoms. The molecule has 0 aliphatic carbocycles. The molecule has 1 saturated heterocycles. The van der Waals surface area contributed by atoms with Gasteiger partial charge in [-0.15, -0.1) is 0 Å². The summed E-state index contributed by atoms with van der Waals surface area (Å²) in [5.74, 6) is 1.02. The van der Waals surface area contributed by atoms with Gasteiger partial charge in [-0.3, -0.25) is 4.79 Å². The first-order valence-corrected chi connectivity index (χ1v) is 8.87. The monoisotopic (exact) mass is 342 g/mol. The summed E-state index contributed by atoms with van der Waals surface area (Å²) >= 11 is 0. The number of carbonyl (C=O) groups excluding carboxylic acids is 2. The van der Waals surface area contributed by atoms with Gasteiger partial charge in [0.05, 0.1) is 0 Å². The highest BCUT2D eigenvalue weighted by Crippen LogP contribution is 2.23. The quantitative estimate of drug-likeness (QED) is 0.782. The molecule has 6 nitrogen and oxygen atoms in total. The summed E-state index contributed by atoms with van der Waals surface area (Å²) in [6.45, 7) is 6.05. The smallest absolute Gasteiger partial charge is 0.321 e. The van der Waals surface area contributed by atoms with E-state index in [9.17, 15) is 9.59 Å². The second-order valence-corrected chi connectivity index (χ2v) is 7.18. The predicted molar refractivity (Wildman–Crippen MR) is 99.8 cm³/mol. The fourth-order valence-corrected chi connectivity index (χ4v) is 3.58. The number of fused-ring (bicyclic) bond motifs is 1. The number of benzene rings is 1. The van der Waals surface area contributed by atoms with Gasteiger partial charge in [-0.2, -0.15) is 0 Å². The molecule has 1 aromatic heterocycles. The maximum atomic E-state index is 12.6. The van der Waals surface area contributed by atoms with E-state index >= 15 is 0 Å². The Kier molecular flexibility index (Phi) is 4.97. The first kappa shape index (κ1) is 17.3. The third-order valence-electron chi connectivity index (χ3n) is 4.86. The van der Waals surface area contributed by atoms with Crippen LogP contribution in [0.1, 0.15) is 37.2 Å². The number of H-pyrrole nitrogens is 1. The van der Waals surface area contributed by atoms with Crippen LogP contribution in [-0.2, 0) is 0 Å². The lowest BCUT2D eigenvalue weighted by Crippen LogP contribution is -2.37. The molecule has 1 aliphatic heterocycles. The Hall–Kier alpha value is -2.50. The van der Waals surface area contributed by atoms with Crippen molar-refractivity contribution in [2.75, 3.05) is 25.5 Å². The molecule has 1 aromatic carbocycles. The van der Waals surface area contributed by atoms with E-state index < -0.39 is 0 Å². The molecule has 1 fully saturated rings. The lowest BCUT2D eigenvalue weighted by Gasteiger charge is -2.23. The molecule has 25 heavy (non-hydrogen) atoms. The molecular formula is C19H26N4O2. The number of hydrogen-bond acceptors (Lipinski definition) is 2. The Morgan fingerprint density at radius 3 is 2.76 bits per heavy atom. The van der Waals surface area contributed by atoms with Crippen LogP contribution in [0, 0.1) is 11.8 Å². The van der Waals surface area contributed by atoms with Gasteiger partial charge in [-0.1, -0.05) is 13.8 Å². The van der Waals surface area contributed by atoms with Crippen LogP contribution in [0.3, 0.4) is 0 Å². The normalized spacial score (nSPS) is 21.0. The van der Waals surface area contributed by atoms with E-state index in [0.29, 0.717) is 17.5 Å². The maximum Gasteiger partial charge on any atom is 0.321 e. The van der Waals surface area contributed by atoms with Crippen LogP contribution in [-0.4, -0.2) is 42.0 Å². The van der Waals surface area contributed by atoms with Crippen molar-refractivity contribution in [3.63, 3.8) is 0 Å². The number of rotatable bonds is 2. The molecule has 1 aliphatic rings. The van der Waals surface area contributed by atoms with Gasteiger partial charge in [0.1, 0.15) is 5.69 Å². The molecule has 0 radical (unpaired) electrons. The largest absolute Gasteiger partial charge is 0.354 e. The van der Waals surface area contributed by atoms with Crippen molar-refractivity contribution >= 4 is 28.5 Å². The standard InChI is InChI=1S/C19H26N4O2/c1-12-6-7-23(11-13(2)8-12)19(25)21-15-4-5-16-14(9-15)10-17(22-16)18(24)20-3/h4-5,9-10,12-13,22H,6-8,11H2,1-3H3,(H,20,24)(H,21,25)/t12-,13-/m1/s1. The highest BCUT2D eigenvalue weighted by molar-refractivity contribution is 5.99. The molecule has 2 heterocycles. The van der Waals surface area contributed by atoms with Gasteiger partial charge in [0.15, 0.2) is 0 Å². The van der Waals surface area contributed by atoms with Crippen LogP contribution >= 0.6 is 0 Å². The van der Waals surface area contributed by atoms with Crippen molar-refractivity contribution in [1.82, 2.24) is 15.2 Å². The SMILES string of the molecule is CNC(=O)c1cc2cc(NC(=O)N3CC[C@@H](C)C[C@@H](C)C3)ccc2[nH]1. The van der Waals surface area contributed by atoms with Crippen molar-refractivity contribution in [2.45, 2.75) is 26.7 Å². The number of urea groups is 1. The number of carbonyl (C=O) groups is 2. The fourth-order valence-electron chi connectivity index (χ4n) is 3.58. The average molecular weight is 342 g/mol. The van der Waals surface area contributed by atoms with Crippen molar-refractivity contribution in [1.29, 1.82) is 0 Å². The summed E-state index contributed by atoms with van der Waals surface area (Å²) in [4.78, 5) is 29.3. The number of hydrogen-bond donors (Lipinski definition) is 3. The number of likely N-dealkylation sites (tertiary alicyclic amines) is 1. The molecule has 2 aromatic rings. The molecule has 3 rings (SSSR count). The summed E-state index contributed by atoms with van der Waals surface area (Å²) in [6.07, 6.45) is 2.21. The molecule has 0 saturated carbocycles. The minimum absolute atomic E-state index is 0.0534.